The zero-order valence-electron chi connectivity index (χ0n) is 29.0. The topological polar surface area (TPSA) is 167 Å². The largest absolute Gasteiger partial charge is 1.00 e. The van der Waals surface area contributed by atoms with Gasteiger partial charge in [0.1, 0.15) is 31.3 Å². The molecule has 47 heavy (non-hydrogen) atoms. The molecule has 12 nitrogen and oxygen atoms in total. The van der Waals surface area contributed by atoms with Crippen molar-refractivity contribution in [3.05, 3.63) is 59.7 Å². The van der Waals surface area contributed by atoms with Crippen LogP contribution in [-0.4, -0.2) is 90.6 Å². The summed E-state index contributed by atoms with van der Waals surface area (Å²) in [4.78, 5) is 45.8. The molecular weight excluding hydrogens is 802 g/mol. The second-order valence-corrected chi connectivity index (χ2v) is 13.8. The van der Waals surface area contributed by atoms with Crippen molar-refractivity contribution < 1.29 is 162 Å². The quantitative estimate of drug-likeness (QED) is 0.0257. The minimum Gasteiger partial charge on any atom is -1.00 e. The van der Waals surface area contributed by atoms with Gasteiger partial charge in [-0.3, -0.25) is 19.2 Å². The number of alkyl halides is 2. The van der Waals surface area contributed by atoms with E-state index < -0.39 is 8.65 Å². The predicted molar refractivity (Wildman–Crippen MR) is 172 cm³/mol. The number of halogens is 2. The Morgan fingerprint density at radius 2 is 1.06 bits per heavy atom. The van der Waals surface area contributed by atoms with E-state index in [1.165, 1.54) is 6.92 Å². The summed E-state index contributed by atoms with van der Waals surface area (Å²) in [5, 5.41) is 17.0. The first-order chi connectivity index (χ1) is 21.2. The van der Waals surface area contributed by atoms with Crippen LogP contribution in [0.2, 0.25) is 0 Å². The molecule has 0 saturated carbocycles. The molecule has 2 aromatic rings. The predicted octanol–water partition coefficient (Wildman–Crippen LogP) is -2.01. The van der Waals surface area contributed by atoms with E-state index in [1.54, 1.807) is 48.5 Å². The third-order valence-corrected chi connectivity index (χ3v) is 5.83. The number of rotatable bonds is 18. The van der Waals surface area contributed by atoms with Crippen molar-refractivity contribution in [3.8, 4) is 11.5 Å². The van der Waals surface area contributed by atoms with Crippen molar-refractivity contribution >= 4 is 55.9 Å². The van der Waals surface area contributed by atoms with Crippen LogP contribution >= 0.6 is 31.9 Å². The normalized spacial score (nSPS) is 10.2. The number of aliphatic hydroxyl groups excluding tert-OH is 1. The van der Waals surface area contributed by atoms with E-state index >= 15 is 0 Å². The molecule has 0 fully saturated rings. The minimum absolute atomic E-state index is 0. The van der Waals surface area contributed by atoms with Gasteiger partial charge in [-0.1, -0.05) is 31.9 Å². The van der Waals surface area contributed by atoms with Gasteiger partial charge < -0.3 is 40.4 Å². The maximum Gasteiger partial charge on any atom is 1.00 e. The van der Waals surface area contributed by atoms with E-state index in [0.29, 0.717) is 62.3 Å². The van der Waals surface area contributed by atoms with Crippen LogP contribution in [0, 0.1) is 0 Å². The molecule has 0 bridgehead atoms. The number of aliphatic hydroxyl groups is 1. The molecule has 16 heteroatoms. The van der Waals surface area contributed by atoms with Crippen LogP contribution < -0.4 is 118 Å². The van der Waals surface area contributed by atoms with Gasteiger partial charge in [-0.25, -0.2) is 0 Å². The van der Waals surface area contributed by atoms with Crippen molar-refractivity contribution in [1.29, 1.82) is 0 Å². The second-order valence-electron chi connectivity index (χ2n) is 9.83. The number of benzene rings is 2. The number of carbonyl (C=O) groups is 4. The van der Waals surface area contributed by atoms with Gasteiger partial charge in [0, 0.05) is 18.1 Å². The van der Waals surface area contributed by atoms with Crippen LogP contribution in [0.25, 0.3) is 0 Å². The van der Waals surface area contributed by atoms with Crippen molar-refractivity contribution in [3.63, 3.8) is 0 Å². The van der Waals surface area contributed by atoms with E-state index in [0.717, 1.165) is 0 Å². The fraction of sp³-hybridized carbons (Fsp3) is 0.484. The first-order valence-corrected chi connectivity index (χ1v) is 15.3. The Labute approximate surface area is 379 Å². The molecule has 0 spiro atoms. The molecule has 0 aliphatic heterocycles. The number of esters is 1. The van der Waals surface area contributed by atoms with Gasteiger partial charge >= 0.3 is 109 Å². The first-order valence-electron chi connectivity index (χ1n) is 13.7. The zero-order valence-corrected chi connectivity index (χ0v) is 37.5. The van der Waals surface area contributed by atoms with E-state index in [1.807, 2.05) is 27.7 Å². The Bertz CT molecular complexity index is 1140. The summed E-state index contributed by atoms with van der Waals surface area (Å²) in [5.74, 6) is 1.10. The van der Waals surface area contributed by atoms with Crippen molar-refractivity contribution in [2.75, 3.05) is 52.9 Å². The van der Waals surface area contributed by atoms with Gasteiger partial charge in [0.15, 0.2) is 11.6 Å². The molecule has 0 aliphatic rings. The third kappa shape index (κ3) is 26.8. The number of carbonyl (C=O) groups excluding carboxylic acids is 4. The molecular formula is C31H42Br2K2O12. The maximum absolute atomic E-state index is 12.0. The SMILES string of the molecule is CC(=O)OCCOCCOc1ccc(C(=O)C(C)(C)Br)cc1.CC(C)(Br)C(=O)c1ccc(OCCOCCO)cc1.O=CO[O-].[H-].[K+].[K+]. The van der Waals surface area contributed by atoms with Crippen molar-refractivity contribution in [2.24, 2.45) is 0 Å². The van der Waals surface area contributed by atoms with Gasteiger partial charge in [0.05, 0.1) is 41.7 Å². The summed E-state index contributed by atoms with van der Waals surface area (Å²) in [5.41, 5.74) is 1.28. The average molecular weight is 845 g/mol. The second kappa shape index (κ2) is 30.1. The zero-order chi connectivity index (χ0) is 34.3. The summed E-state index contributed by atoms with van der Waals surface area (Å²) in [6, 6.07) is 14.0. The third-order valence-electron chi connectivity index (χ3n) is 5.11. The Morgan fingerprint density at radius 1 is 0.723 bits per heavy atom. The fourth-order valence-electron chi connectivity index (χ4n) is 3.04. The average Bonchev–Trinajstić information content (AvgIpc) is 3.00. The van der Waals surface area contributed by atoms with Crippen LogP contribution in [0.3, 0.4) is 0 Å². The minimum atomic E-state index is -0.578. The Balaban J connectivity index is -0.000000345. The first kappa shape index (κ1) is 51.8. The number of hydrogen-bond donors (Lipinski definition) is 1. The molecule has 1 N–H and O–H groups in total. The molecule has 0 atom stereocenters. The molecule has 2 rings (SSSR count). The van der Waals surface area contributed by atoms with E-state index in [2.05, 4.69) is 36.7 Å². The van der Waals surface area contributed by atoms with Gasteiger partial charge in [-0.05, 0) is 76.2 Å². The maximum atomic E-state index is 12.0. The van der Waals surface area contributed by atoms with Gasteiger partial charge in [0.25, 0.3) is 6.47 Å². The van der Waals surface area contributed by atoms with Crippen LogP contribution in [0.15, 0.2) is 48.5 Å². The summed E-state index contributed by atoms with van der Waals surface area (Å²) in [7, 11) is 0. The number of ether oxygens (including phenoxy) is 5. The van der Waals surface area contributed by atoms with Crippen LogP contribution in [-0.2, 0) is 28.7 Å². The van der Waals surface area contributed by atoms with Crippen molar-refractivity contribution in [2.45, 2.75) is 43.3 Å². The van der Waals surface area contributed by atoms with E-state index in [-0.39, 0.29) is 141 Å². The molecule has 254 valence electrons. The van der Waals surface area contributed by atoms with Crippen LogP contribution in [0.5, 0.6) is 11.5 Å². The Kier molecular flexibility index (Phi) is 33.1. The standard InChI is InChI=1S/C16H21BrO5.C14H19BrO4.CH2O3.2K.H/c1-12(18)21-10-8-20-9-11-22-14-6-4-13(5-7-14)15(19)16(2,3)17;1-14(2,15)13(17)11-3-5-12(6-4-11)19-10-9-18-8-7-16;2-1-4-3;;;/h4-7H,8-11H2,1-3H3;3-6,16H,7-10H2,1-2H3;1,3H;;;/q;;;2*+1;-1/p-1. The Hall–Kier alpha value is 0.393. The summed E-state index contributed by atoms with van der Waals surface area (Å²) >= 11 is 6.70. The molecule has 0 amide bonds. The van der Waals surface area contributed by atoms with Crippen LogP contribution in [0.4, 0.5) is 0 Å². The Morgan fingerprint density at radius 3 is 1.36 bits per heavy atom. The number of ketones is 2. The summed E-state index contributed by atoms with van der Waals surface area (Å²) < 4.78 is 24.9. The molecule has 0 aliphatic carbocycles. The van der Waals surface area contributed by atoms with Gasteiger partial charge in [-0.2, -0.15) is 0 Å². The molecule has 0 heterocycles. The van der Waals surface area contributed by atoms with Crippen LogP contribution in [0.1, 0.15) is 56.8 Å². The molecule has 2 aromatic carbocycles. The molecule has 0 radical (unpaired) electrons. The van der Waals surface area contributed by atoms with E-state index in [9.17, 15) is 14.4 Å². The smallest absolute Gasteiger partial charge is 1.00 e. The van der Waals surface area contributed by atoms with Gasteiger partial charge in [0.2, 0.25) is 0 Å². The fourth-order valence-corrected chi connectivity index (χ4v) is 3.50. The molecule has 0 saturated heterocycles. The van der Waals surface area contributed by atoms with Gasteiger partial charge in [-0.15, -0.1) is 0 Å². The molecule has 0 unspecified atom stereocenters. The summed E-state index contributed by atoms with van der Waals surface area (Å²) in [6.07, 6.45) is 0. The van der Waals surface area contributed by atoms with Crippen molar-refractivity contribution in [1.82, 2.24) is 0 Å². The number of Topliss-reactive ketones (excluding diaryl/α,β-unsaturated/α-hetero) is 2. The summed E-state index contributed by atoms with van der Waals surface area (Å²) in [6.45, 7) is 11.0. The monoisotopic (exact) mass is 842 g/mol. The number of hydrogen-bond acceptors (Lipinski definition) is 12. The van der Waals surface area contributed by atoms with E-state index in [4.69, 9.17) is 38.8 Å². The molecule has 0 aromatic heterocycles.